The Balaban J connectivity index is 2.94. The fourth-order valence-corrected chi connectivity index (χ4v) is 0.902. The molecule has 0 radical (unpaired) electrons. The predicted octanol–water partition coefficient (Wildman–Crippen LogP) is 0.344. The van der Waals surface area contributed by atoms with Crippen molar-refractivity contribution < 1.29 is 18.3 Å². The van der Waals surface area contributed by atoms with E-state index in [1.165, 1.54) is 0 Å². The van der Waals surface area contributed by atoms with Gasteiger partial charge in [0.25, 0.3) is 9.05 Å². The van der Waals surface area contributed by atoms with E-state index >= 15 is 0 Å². The van der Waals surface area contributed by atoms with Crippen LogP contribution in [0.4, 0.5) is 0 Å². The summed E-state index contributed by atoms with van der Waals surface area (Å²) < 4.78 is 20.9. The summed E-state index contributed by atoms with van der Waals surface area (Å²) in [6, 6.07) is 0. The average Bonchev–Trinajstić information content (AvgIpc) is 1.88. The van der Waals surface area contributed by atoms with Crippen molar-refractivity contribution in [3.63, 3.8) is 0 Å². The average molecular weight is 184 g/mol. The maximum absolute atomic E-state index is 10.4. The molecule has 0 saturated carbocycles. The van der Waals surface area contributed by atoms with Gasteiger partial charge in [0, 0.05) is 16.8 Å². The zero-order valence-corrected chi connectivity index (χ0v) is 6.09. The van der Waals surface area contributed by atoms with E-state index in [1.54, 1.807) is 0 Å². The lowest BCUT2D eigenvalue weighted by molar-refractivity contribution is -0.251. The minimum absolute atomic E-state index is 0.375. The van der Waals surface area contributed by atoms with Crippen LogP contribution in [0, 0.1) is 0 Å². The van der Waals surface area contributed by atoms with Crippen molar-refractivity contribution in [1.82, 2.24) is 0 Å². The van der Waals surface area contributed by atoms with Crippen LogP contribution in [0.2, 0.25) is 0 Å². The van der Waals surface area contributed by atoms with Crippen molar-refractivity contribution in [2.45, 2.75) is 0 Å². The second kappa shape index (κ2) is 2.47. The molecule has 0 aromatic rings. The van der Waals surface area contributed by atoms with Crippen LogP contribution < -0.4 is 0 Å². The molecule has 56 valence electrons. The molecule has 0 aliphatic carbocycles. The van der Waals surface area contributed by atoms with Gasteiger partial charge in [0.1, 0.15) is 6.26 Å². The van der Waals surface area contributed by atoms with Gasteiger partial charge in [-0.1, -0.05) is 0 Å². The molecule has 0 aromatic carbocycles. The number of halogens is 1. The fraction of sp³-hybridized carbons (Fsp3) is 0. The van der Waals surface area contributed by atoms with Gasteiger partial charge < -0.3 is 0 Å². The van der Waals surface area contributed by atoms with E-state index in [4.69, 9.17) is 10.7 Å². The summed E-state index contributed by atoms with van der Waals surface area (Å²) in [5, 5.41) is 2.61. The summed E-state index contributed by atoms with van der Waals surface area (Å²) in [6.07, 6.45) is 2.09. The van der Waals surface area contributed by atoms with Crippen LogP contribution in [0.25, 0.3) is 0 Å². The molecule has 1 rings (SSSR count). The van der Waals surface area contributed by atoms with Crippen LogP contribution in [0.3, 0.4) is 0 Å². The van der Waals surface area contributed by atoms with E-state index in [-0.39, 0.29) is 5.04 Å². The third kappa shape index (κ3) is 1.61. The van der Waals surface area contributed by atoms with Gasteiger partial charge in [0.2, 0.25) is 5.04 Å². The SMILES string of the molecule is O=S(=O)(Cl)C1=NOOC=C1. The molecule has 10 heavy (non-hydrogen) atoms. The fourth-order valence-electron chi connectivity index (χ4n) is 0.325. The van der Waals surface area contributed by atoms with Crippen molar-refractivity contribution in [2.75, 3.05) is 0 Å². The zero-order chi connectivity index (χ0) is 7.61. The molecule has 0 spiro atoms. The monoisotopic (exact) mass is 183 g/mol. The maximum atomic E-state index is 10.4. The molecular formula is C3H2ClNO4S. The van der Waals surface area contributed by atoms with E-state index in [9.17, 15) is 8.42 Å². The summed E-state index contributed by atoms with van der Waals surface area (Å²) in [5.74, 6) is 0. The molecule has 1 heterocycles. The largest absolute Gasteiger partial charge is 0.282 e. The first-order valence-electron chi connectivity index (χ1n) is 2.12. The van der Waals surface area contributed by atoms with Gasteiger partial charge in [-0.25, -0.2) is 8.42 Å². The van der Waals surface area contributed by atoms with Crippen LogP contribution in [-0.2, 0) is 18.9 Å². The summed E-state index contributed by atoms with van der Waals surface area (Å²) >= 11 is 0. The van der Waals surface area contributed by atoms with E-state index in [0.29, 0.717) is 0 Å². The quantitative estimate of drug-likeness (QED) is 0.401. The maximum Gasteiger partial charge on any atom is 0.282 e. The molecule has 0 unspecified atom stereocenters. The summed E-state index contributed by atoms with van der Waals surface area (Å²) in [6.45, 7) is 0. The number of rotatable bonds is 0. The molecule has 0 atom stereocenters. The van der Waals surface area contributed by atoms with Gasteiger partial charge in [-0.15, -0.1) is 0 Å². The lowest BCUT2D eigenvalue weighted by Gasteiger charge is -1.99. The highest BCUT2D eigenvalue weighted by atomic mass is 35.7. The van der Waals surface area contributed by atoms with E-state index < -0.39 is 9.05 Å². The summed E-state index contributed by atoms with van der Waals surface area (Å²) in [7, 11) is 1.07. The normalized spacial score (nSPS) is 17.1. The third-order valence-electron chi connectivity index (χ3n) is 0.686. The second-order valence-electron chi connectivity index (χ2n) is 1.34. The van der Waals surface area contributed by atoms with Gasteiger partial charge in [0.05, 0.1) is 0 Å². The standard InChI is InChI=1S/C3H2ClNO4S/c4-10(6,7)3-1-2-8-9-5-3/h1-2H. The predicted molar refractivity (Wildman–Crippen MR) is 33.5 cm³/mol. The highest BCUT2D eigenvalue weighted by molar-refractivity contribution is 8.26. The Morgan fingerprint density at radius 1 is 1.60 bits per heavy atom. The Kier molecular flexibility index (Phi) is 1.82. The first kappa shape index (κ1) is 7.36. The number of hydrogen-bond donors (Lipinski definition) is 0. The van der Waals surface area contributed by atoms with Crippen LogP contribution in [0.1, 0.15) is 0 Å². The number of hydrogen-bond acceptors (Lipinski definition) is 5. The topological polar surface area (TPSA) is 65.0 Å². The van der Waals surface area contributed by atoms with Crippen LogP contribution >= 0.6 is 10.7 Å². The molecule has 1 aliphatic rings. The second-order valence-corrected chi connectivity index (χ2v) is 3.85. The molecule has 1 aliphatic heterocycles. The number of nitrogens with zero attached hydrogens (tertiary/aromatic N) is 1. The Hall–Kier alpha value is -0.750. The van der Waals surface area contributed by atoms with Crippen molar-refractivity contribution in [3.8, 4) is 0 Å². The van der Waals surface area contributed by atoms with Crippen LogP contribution in [0.15, 0.2) is 17.5 Å². The van der Waals surface area contributed by atoms with Gasteiger partial charge in [0.15, 0.2) is 0 Å². The lowest BCUT2D eigenvalue weighted by Crippen LogP contribution is -2.08. The highest BCUT2D eigenvalue weighted by Gasteiger charge is 2.16. The Bertz CT molecular complexity index is 279. The van der Waals surface area contributed by atoms with Gasteiger partial charge in [-0.2, -0.15) is 4.99 Å². The van der Waals surface area contributed by atoms with E-state index in [0.717, 1.165) is 12.3 Å². The molecule has 7 heteroatoms. The molecule has 5 nitrogen and oxygen atoms in total. The minimum Gasteiger partial charge on any atom is -0.275 e. The Morgan fingerprint density at radius 2 is 2.30 bits per heavy atom. The molecular weight excluding hydrogens is 182 g/mol. The number of oxime groups is 1. The molecule has 0 fully saturated rings. The third-order valence-corrected chi connectivity index (χ3v) is 1.87. The van der Waals surface area contributed by atoms with Crippen molar-refractivity contribution in [3.05, 3.63) is 12.3 Å². The first-order chi connectivity index (χ1) is 4.61. The molecule has 0 amide bonds. The summed E-state index contributed by atoms with van der Waals surface area (Å²) in [5.41, 5.74) is 0. The minimum atomic E-state index is -3.80. The van der Waals surface area contributed by atoms with Crippen LogP contribution in [0.5, 0.6) is 0 Å². The highest BCUT2D eigenvalue weighted by Crippen LogP contribution is 2.06. The lowest BCUT2D eigenvalue weighted by atomic mass is 10.7. The van der Waals surface area contributed by atoms with Gasteiger partial charge in [-0.3, -0.25) is 4.89 Å². The molecule has 0 bridgehead atoms. The molecule has 0 N–H and O–H groups in total. The Morgan fingerprint density at radius 3 is 2.60 bits per heavy atom. The van der Waals surface area contributed by atoms with Gasteiger partial charge in [-0.05, 0) is 5.16 Å². The summed E-state index contributed by atoms with van der Waals surface area (Å²) in [4.78, 5) is 8.05. The smallest absolute Gasteiger partial charge is 0.275 e. The van der Waals surface area contributed by atoms with Gasteiger partial charge >= 0.3 is 0 Å². The van der Waals surface area contributed by atoms with Crippen molar-refractivity contribution in [1.29, 1.82) is 0 Å². The van der Waals surface area contributed by atoms with Crippen LogP contribution in [-0.4, -0.2) is 13.5 Å². The van der Waals surface area contributed by atoms with Crippen molar-refractivity contribution in [2.24, 2.45) is 5.16 Å². The molecule has 0 saturated heterocycles. The van der Waals surface area contributed by atoms with Crippen molar-refractivity contribution >= 4 is 24.8 Å². The Labute approximate surface area is 61.2 Å². The zero-order valence-electron chi connectivity index (χ0n) is 4.52. The first-order valence-corrected chi connectivity index (χ1v) is 4.43. The van der Waals surface area contributed by atoms with E-state index in [2.05, 4.69) is 15.0 Å². The molecule has 0 aromatic heterocycles. The van der Waals surface area contributed by atoms with E-state index in [1.807, 2.05) is 0 Å².